The van der Waals surface area contributed by atoms with Gasteiger partial charge in [-0.2, -0.15) is 11.3 Å². The van der Waals surface area contributed by atoms with E-state index in [0.29, 0.717) is 5.56 Å². The summed E-state index contributed by atoms with van der Waals surface area (Å²) in [4.78, 5) is 26.3. The first-order valence-electron chi connectivity index (χ1n) is 4.58. The van der Waals surface area contributed by atoms with Gasteiger partial charge in [0.15, 0.2) is 5.69 Å². The lowest BCUT2D eigenvalue weighted by Crippen LogP contribution is -2.23. The van der Waals surface area contributed by atoms with Gasteiger partial charge in [-0.25, -0.2) is 9.78 Å². The predicted molar refractivity (Wildman–Crippen MR) is 61.4 cm³/mol. The maximum Gasteiger partial charge on any atom is 0.358 e. The lowest BCUT2D eigenvalue weighted by atomic mass is 10.3. The molecule has 0 saturated heterocycles. The van der Waals surface area contributed by atoms with Crippen LogP contribution < -0.4 is 5.56 Å². The minimum Gasteiger partial charge on any atom is -0.501 e. The summed E-state index contributed by atoms with van der Waals surface area (Å²) in [6.07, 6.45) is 0. The van der Waals surface area contributed by atoms with E-state index in [2.05, 4.69) is 4.98 Å². The minimum atomic E-state index is -1.43. The van der Waals surface area contributed by atoms with Crippen molar-refractivity contribution in [2.24, 2.45) is 7.05 Å². The van der Waals surface area contributed by atoms with Gasteiger partial charge in [0.25, 0.3) is 5.56 Å². The molecular weight excluding hydrogens is 244 g/mol. The fourth-order valence-electron chi connectivity index (χ4n) is 1.39. The zero-order valence-electron chi connectivity index (χ0n) is 8.75. The quantitative estimate of drug-likeness (QED) is 0.828. The summed E-state index contributed by atoms with van der Waals surface area (Å²) in [5.41, 5.74) is -0.773. The lowest BCUT2D eigenvalue weighted by Gasteiger charge is -2.07. The van der Waals surface area contributed by atoms with Crippen molar-refractivity contribution in [1.82, 2.24) is 9.55 Å². The first kappa shape index (κ1) is 11.3. The van der Waals surface area contributed by atoms with Crippen molar-refractivity contribution >= 4 is 17.3 Å². The molecule has 0 unspecified atom stereocenters. The van der Waals surface area contributed by atoms with E-state index < -0.39 is 23.0 Å². The van der Waals surface area contributed by atoms with Gasteiger partial charge < -0.3 is 10.2 Å². The molecule has 0 radical (unpaired) electrons. The van der Waals surface area contributed by atoms with Crippen molar-refractivity contribution in [3.8, 4) is 17.1 Å². The number of carbonyl (C=O) groups is 1. The van der Waals surface area contributed by atoms with Crippen LogP contribution >= 0.6 is 11.3 Å². The zero-order valence-corrected chi connectivity index (χ0v) is 9.56. The van der Waals surface area contributed by atoms with Gasteiger partial charge in [0.2, 0.25) is 5.75 Å². The second kappa shape index (κ2) is 4.02. The van der Waals surface area contributed by atoms with Crippen molar-refractivity contribution in [2.75, 3.05) is 0 Å². The normalized spacial score (nSPS) is 10.4. The lowest BCUT2D eigenvalue weighted by molar-refractivity contribution is 0.0686. The maximum absolute atomic E-state index is 11.6. The molecule has 17 heavy (non-hydrogen) atoms. The number of aromatic nitrogens is 2. The monoisotopic (exact) mass is 252 g/mol. The number of aromatic carboxylic acids is 1. The summed E-state index contributed by atoms with van der Waals surface area (Å²) in [5.74, 6) is -2.07. The van der Waals surface area contributed by atoms with Crippen LogP contribution in [0.1, 0.15) is 10.5 Å². The molecular formula is C10H8N2O4S. The fourth-order valence-corrected chi connectivity index (χ4v) is 2.02. The Morgan fingerprint density at radius 2 is 2.24 bits per heavy atom. The van der Waals surface area contributed by atoms with Gasteiger partial charge in [0.1, 0.15) is 5.82 Å². The molecule has 2 heterocycles. The molecule has 6 nitrogen and oxygen atoms in total. The van der Waals surface area contributed by atoms with Gasteiger partial charge >= 0.3 is 5.97 Å². The number of aromatic hydroxyl groups is 1. The summed E-state index contributed by atoms with van der Waals surface area (Å²) in [6.45, 7) is 0. The Bertz CT molecular complexity index is 630. The average Bonchev–Trinajstić information content (AvgIpc) is 2.79. The number of hydrogen-bond acceptors (Lipinski definition) is 5. The maximum atomic E-state index is 11.6. The molecule has 2 aromatic rings. The van der Waals surface area contributed by atoms with Crippen molar-refractivity contribution < 1.29 is 15.0 Å². The van der Waals surface area contributed by atoms with Crippen LogP contribution in [0, 0.1) is 0 Å². The predicted octanol–water partition coefficient (Wildman–Crippen LogP) is 0.913. The second-order valence-corrected chi connectivity index (χ2v) is 4.09. The number of hydrogen-bond donors (Lipinski definition) is 2. The van der Waals surface area contributed by atoms with E-state index in [-0.39, 0.29) is 5.82 Å². The van der Waals surface area contributed by atoms with Gasteiger partial charge in [-0.15, -0.1) is 0 Å². The Morgan fingerprint density at radius 1 is 1.53 bits per heavy atom. The highest BCUT2D eigenvalue weighted by atomic mass is 32.1. The van der Waals surface area contributed by atoms with Crippen LogP contribution in [-0.4, -0.2) is 25.7 Å². The highest BCUT2D eigenvalue weighted by Gasteiger charge is 2.19. The van der Waals surface area contributed by atoms with Crippen molar-refractivity contribution in [3.05, 3.63) is 32.9 Å². The SMILES string of the molecule is Cn1c(-c2ccsc2)nc(C(=O)O)c(O)c1=O. The third-order valence-electron chi connectivity index (χ3n) is 2.25. The molecule has 0 fully saturated rings. The summed E-state index contributed by atoms with van der Waals surface area (Å²) in [6, 6.07) is 1.72. The van der Waals surface area contributed by atoms with Crippen LogP contribution in [0.25, 0.3) is 11.4 Å². The minimum absolute atomic E-state index is 0.214. The Balaban J connectivity index is 2.78. The summed E-state index contributed by atoms with van der Waals surface area (Å²) >= 11 is 1.40. The number of nitrogens with zero attached hydrogens (tertiary/aromatic N) is 2. The number of carboxylic acids is 1. The topological polar surface area (TPSA) is 92.4 Å². The number of thiophene rings is 1. The van der Waals surface area contributed by atoms with Crippen LogP contribution in [0.2, 0.25) is 0 Å². The molecule has 7 heteroatoms. The Hall–Kier alpha value is -2.15. The third kappa shape index (κ3) is 1.80. The average molecular weight is 252 g/mol. The molecule has 0 spiro atoms. The van der Waals surface area contributed by atoms with Crippen LogP contribution in [0.15, 0.2) is 21.6 Å². The Kier molecular flexibility index (Phi) is 2.68. The molecule has 0 aromatic carbocycles. The molecule has 2 rings (SSSR count). The summed E-state index contributed by atoms with van der Waals surface area (Å²) < 4.78 is 1.11. The van der Waals surface area contributed by atoms with Crippen LogP contribution in [-0.2, 0) is 7.05 Å². The molecule has 0 amide bonds. The highest BCUT2D eigenvalue weighted by molar-refractivity contribution is 7.08. The fraction of sp³-hybridized carbons (Fsp3) is 0.100. The van der Waals surface area contributed by atoms with Gasteiger partial charge in [-0.1, -0.05) is 0 Å². The van der Waals surface area contributed by atoms with E-state index in [9.17, 15) is 14.7 Å². The van der Waals surface area contributed by atoms with Gasteiger partial charge in [-0.3, -0.25) is 9.36 Å². The molecule has 2 aromatic heterocycles. The molecule has 2 N–H and O–H groups in total. The van der Waals surface area contributed by atoms with Gasteiger partial charge in [-0.05, 0) is 11.4 Å². The molecule has 88 valence electrons. The highest BCUT2D eigenvalue weighted by Crippen LogP contribution is 2.21. The van der Waals surface area contributed by atoms with E-state index >= 15 is 0 Å². The molecule has 0 aliphatic rings. The second-order valence-electron chi connectivity index (χ2n) is 3.31. The first-order chi connectivity index (χ1) is 8.02. The van der Waals surface area contributed by atoms with Crippen molar-refractivity contribution in [2.45, 2.75) is 0 Å². The van der Waals surface area contributed by atoms with E-state index in [1.807, 2.05) is 0 Å². The molecule has 0 bridgehead atoms. The van der Waals surface area contributed by atoms with Crippen LogP contribution in [0.5, 0.6) is 5.75 Å². The van der Waals surface area contributed by atoms with E-state index in [1.165, 1.54) is 18.4 Å². The first-order valence-corrected chi connectivity index (χ1v) is 5.52. The van der Waals surface area contributed by atoms with Crippen molar-refractivity contribution in [1.29, 1.82) is 0 Å². The molecule has 0 aliphatic heterocycles. The van der Waals surface area contributed by atoms with Crippen LogP contribution in [0.4, 0.5) is 0 Å². The van der Waals surface area contributed by atoms with Crippen LogP contribution in [0.3, 0.4) is 0 Å². The smallest absolute Gasteiger partial charge is 0.358 e. The Labute approximate surface area is 99.4 Å². The molecule has 0 saturated carbocycles. The number of carboxylic acid groups (broad SMARTS) is 1. The molecule has 0 atom stereocenters. The van der Waals surface area contributed by atoms with Gasteiger partial charge in [0.05, 0.1) is 0 Å². The largest absolute Gasteiger partial charge is 0.501 e. The van der Waals surface area contributed by atoms with E-state index in [4.69, 9.17) is 5.11 Å². The zero-order chi connectivity index (χ0) is 12.6. The van der Waals surface area contributed by atoms with Gasteiger partial charge in [0, 0.05) is 18.0 Å². The van der Waals surface area contributed by atoms with Crippen molar-refractivity contribution in [3.63, 3.8) is 0 Å². The third-order valence-corrected chi connectivity index (χ3v) is 2.93. The molecule has 0 aliphatic carbocycles. The number of rotatable bonds is 2. The van der Waals surface area contributed by atoms with E-state index in [0.717, 1.165) is 4.57 Å². The Morgan fingerprint density at radius 3 is 2.76 bits per heavy atom. The summed E-state index contributed by atoms with van der Waals surface area (Å²) in [7, 11) is 1.42. The standard InChI is InChI=1S/C10H8N2O4S/c1-12-8(5-2-3-17-4-5)11-6(10(15)16)7(13)9(12)14/h2-4,13H,1H3,(H,15,16). The van der Waals surface area contributed by atoms with E-state index in [1.54, 1.807) is 16.8 Å². The summed E-state index contributed by atoms with van der Waals surface area (Å²) in [5, 5.41) is 21.8.